The monoisotopic (exact) mass is 558 g/mol. The van der Waals surface area contributed by atoms with Crippen LogP contribution in [0.2, 0.25) is 0 Å². The lowest BCUT2D eigenvalue weighted by atomic mass is 10.2. The molecule has 11 nitrogen and oxygen atoms in total. The Labute approximate surface area is 225 Å². The second-order valence-electron chi connectivity index (χ2n) is 8.96. The van der Waals surface area contributed by atoms with Gasteiger partial charge in [-0.2, -0.15) is 0 Å². The summed E-state index contributed by atoms with van der Waals surface area (Å²) in [5.74, 6) is -0.613. The minimum atomic E-state index is -3.03. The molecule has 2 aromatic carbocycles. The fourth-order valence-electron chi connectivity index (χ4n) is 4.04. The normalized spacial score (nSPS) is 20.4. The van der Waals surface area contributed by atoms with Crippen LogP contribution in [0.4, 0.5) is 0 Å². The van der Waals surface area contributed by atoms with Gasteiger partial charge >= 0.3 is 11.7 Å². The number of benzene rings is 2. The van der Waals surface area contributed by atoms with Crippen molar-refractivity contribution in [1.82, 2.24) is 9.13 Å². The average Bonchev–Trinajstić information content (AvgIpc) is 3.32. The molecule has 39 heavy (non-hydrogen) atoms. The zero-order valence-electron chi connectivity index (χ0n) is 21.7. The maximum Gasteiger partial charge on any atom is 0.338 e. The first kappa shape index (κ1) is 28.7. The predicted molar refractivity (Wildman–Crippen MR) is 141 cm³/mol. The van der Waals surface area contributed by atoms with Crippen LogP contribution >= 0.6 is 7.37 Å². The first-order chi connectivity index (χ1) is 18.8. The van der Waals surface area contributed by atoms with Gasteiger partial charge in [-0.25, -0.2) is 14.2 Å². The molecule has 1 fully saturated rings. The topological polar surface area (TPSA) is 124 Å². The van der Waals surface area contributed by atoms with Crippen LogP contribution in [-0.4, -0.2) is 47.1 Å². The number of hydrogen-bond acceptors (Lipinski definition) is 9. The first-order valence-electron chi connectivity index (χ1n) is 12.4. The molecule has 0 N–H and O–H groups in total. The highest BCUT2D eigenvalue weighted by atomic mass is 31.2. The fourth-order valence-corrected chi connectivity index (χ4v) is 5.10. The molecule has 1 unspecified atom stereocenters. The number of carbonyl (C=O) groups is 1. The summed E-state index contributed by atoms with van der Waals surface area (Å²) in [6, 6.07) is 18.9. The Morgan fingerprint density at radius 3 is 2.44 bits per heavy atom. The van der Waals surface area contributed by atoms with Crippen molar-refractivity contribution >= 4 is 13.3 Å². The lowest BCUT2D eigenvalue weighted by Gasteiger charge is -2.22. The van der Waals surface area contributed by atoms with E-state index in [0.717, 1.165) is 14.7 Å². The molecule has 1 aliphatic heterocycles. The molecule has 4 atom stereocenters. The van der Waals surface area contributed by atoms with E-state index in [1.165, 1.54) is 18.9 Å². The molecule has 208 valence electrons. The number of nitrogens with zero attached hydrogens (tertiary/aromatic N) is 2. The zero-order chi connectivity index (χ0) is 27.8. The molecule has 0 saturated carbocycles. The minimum Gasteiger partial charge on any atom is -0.454 e. The van der Waals surface area contributed by atoms with Crippen LogP contribution in [0.15, 0.2) is 82.5 Å². The standard InChI is InChI=1S/C27H31N2O9P/c1-3-36-39(2,33)19-35-24-16-22(37-26(31)21-12-8-5-9-13-21)25(38-24)28-15-14-23(30)29(27(28)32)18-34-17-20-10-6-4-7-11-20/h4-15,22,24-25H,3,16-19H2,1-2H3/t22-,24-,25+,39?/m0/s1. The lowest BCUT2D eigenvalue weighted by molar-refractivity contribution is -0.147. The van der Waals surface area contributed by atoms with Crippen LogP contribution in [0.5, 0.6) is 0 Å². The second-order valence-corrected chi connectivity index (χ2v) is 11.5. The van der Waals surface area contributed by atoms with E-state index in [9.17, 15) is 18.9 Å². The maximum atomic E-state index is 13.3. The molecule has 0 bridgehead atoms. The smallest absolute Gasteiger partial charge is 0.338 e. The van der Waals surface area contributed by atoms with Crippen LogP contribution in [-0.2, 0) is 41.4 Å². The summed E-state index contributed by atoms with van der Waals surface area (Å²) in [4.78, 5) is 38.7. The van der Waals surface area contributed by atoms with Crippen LogP contribution in [0.3, 0.4) is 0 Å². The molecule has 1 aromatic heterocycles. The molecule has 3 aromatic rings. The van der Waals surface area contributed by atoms with Crippen molar-refractivity contribution in [2.24, 2.45) is 0 Å². The third-order valence-electron chi connectivity index (χ3n) is 5.90. The van der Waals surface area contributed by atoms with Gasteiger partial charge in [-0.3, -0.25) is 13.9 Å². The SMILES string of the molecule is CCOP(C)(=O)CO[C@@H]1C[C@H](OC(=O)c2ccccc2)[C@H](n2ccc(=O)n(COCc3ccccc3)c2=O)O1. The van der Waals surface area contributed by atoms with Crippen molar-refractivity contribution in [2.75, 3.05) is 19.6 Å². The van der Waals surface area contributed by atoms with Crippen molar-refractivity contribution in [1.29, 1.82) is 0 Å². The Morgan fingerprint density at radius 2 is 1.74 bits per heavy atom. The van der Waals surface area contributed by atoms with E-state index >= 15 is 0 Å². The van der Waals surface area contributed by atoms with Gasteiger partial charge in [0, 0.05) is 25.3 Å². The summed E-state index contributed by atoms with van der Waals surface area (Å²) in [5, 5.41) is 0. The highest BCUT2D eigenvalue weighted by molar-refractivity contribution is 7.57. The molecular formula is C27H31N2O9P. The van der Waals surface area contributed by atoms with E-state index in [0.29, 0.717) is 5.56 Å². The Kier molecular flexibility index (Phi) is 9.66. The predicted octanol–water partition coefficient (Wildman–Crippen LogP) is 3.57. The molecule has 2 heterocycles. The van der Waals surface area contributed by atoms with Crippen molar-refractivity contribution in [3.05, 3.63) is 105 Å². The summed E-state index contributed by atoms with van der Waals surface area (Å²) >= 11 is 0. The van der Waals surface area contributed by atoms with Crippen molar-refractivity contribution in [3.8, 4) is 0 Å². The Bertz CT molecular complexity index is 1410. The number of ether oxygens (including phenoxy) is 4. The second kappa shape index (κ2) is 13.1. The van der Waals surface area contributed by atoms with Gasteiger partial charge in [0.2, 0.25) is 7.37 Å². The van der Waals surface area contributed by atoms with Crippen LogP contribution in [0.1, 0.15) is 35.5 Å². The number of carbonyl (C=O) groups excluding carboxylic acids is 1. The Balaban J connectivity index is 1.55. The molecular weight excluding hydrogens is 527 g/mol. The third kappa shape index (κ3) is 7.62. The van der Waals surface area contributed by atoms with Gasteiger partial charge in [0.25, 0.3) is 5.56 Å². The number of rotatable bonds is 12. The largest absolute Gasteiger partial charge is 0.454 e. The summed E-state index contributed by atoms with van der Waals surface area (Å²) < 4.78 is 42.8. The van der Waals surface area contributed by atoms with E-state index in [2.05, 4.69) is 0 Å². The average molecular weight is 559 g/mol. The van der Waals surface area contributed by atoms with Gasteiger partial charge < -0.3 is 23.5 Å². The van der Waals surface area contributed by atoms with E-state index < -0.39 is 43.2 Å². The lowest BCUT2D eigenvalue weighted by Crippen LogP contribution is -2.43. The number of hydrogen-bond donors (Lipinski definition) is 0. The van der Waals surface area contributed by atoms with Gasteiger partial charge in [0.15, 0.2) is 18.6 Å². The molecule has 1 saturated heterocycles. The summed E-state index contributed by atoms with van der Waals surface area (Å²) in [6.07, 6.45) is -1.89. The van der Waals surface area contributed by atoms with Gasteiger partial charge in [-0.05, 0) is 24.6 Å². The minimum absolute atomic E-state index is 0.0610. The van der Waals surface area contributed by atoms with Crippen molar-refractivity contribution in [3.63, 3.8) is 0 Å². The first-order valence-corrected chi connectivity index (χ1v) is 14.7. The van der Waals surface area contributed by atoms with Crippen LogP contribution in [0.25, 0.3) is 0 Å². The van der Waals surface area contributed by atoms with Gasteiger partial charge in [-0.15, -0.1) is 0 Å². The van der Waals surface area contributed by atoms with Crippen LogP contribution < -0.4 is 11.2 Å². The number of esters is 1. The molecule has 0 amide bonds. The van der Waals surface area contributed by atoms with E-state index in [4.69, 9.17) is 23.5 Å². The van der Waals surface area contributed by atoms with Gasteiger partial charge in [-0.1, -0.05) is 48.5 Å². The molecule has 0 spiro atoms. The Hall–Kier alpha value is -3.34. The van der Waals surface area contributed by atoms with Crippen LogP contribution in [0, 0.1) is 0 Å². The summed E-state index contributed by atoms with van der Waals surface area (Å²) in [7, 11) is -3.03. The summed E-state index contributed by atoms with van der Waals surface area (Å²) in [6.45, 7) is 3.34. The fraction of sp³-hybridized carbons (Fsp3) is 0.370. The van der Waals surface area contributed by atoms with E-state index in [1.807, 2.05) is 30.3 Å². The molecule has 1 aliphatic rings. The molecule has 4 rings (SSSR count). The number of aromatic nitrogens is 2. The van der Waals surface area contributed by atoms with Crippen molar-refractivity contribution < 1.29 is 32.8 Å². The Morgan fingerprint density at radius 1 is 1.05 bits per heavy atom. The molecule has 0 radical (unpaired) electrons. The van der Waals surface area contributed by atoms with Gasteiger partial charge in [0.05, 0.1) is 18.8 Å². The van der Waals surface area contributed by atoms with Crippen molar-refractivity contribution in [2.45, 2.75) is 45.3 Å². The zero-order valence-corrected chi connectivity index (χ0v) is 22.6. The third-order valence-corrected chi connectivity index (χ3v) is 7.32. The molecule has 12 heteroatoms. The molecule has 0 aliphatic carbocycles. The summed E-state index contributed by atoms with van der Waals surface area (Å²) in [5.41, 5.74) is -0.0650. The highest BCUT2D eigenvalue weighted by Gasteiger charge is 2.41. The highest BCUT2D eigenvalue weighted by Crippen LogP contribution is 2.43. The maximum absolute atomic E-state index is 13.3. The van der Waals surface area contributed by atoms with Gasteiger partial charge in [0.1, 0.15) is 13.1 Å². The van der Waals surface area contributed by atoms with E-state index in [1.54, 1.807) is 37.3 Å². The van der Waals surface area contributed by atoms with E-state index in [-0.39, 0.29) is 32.7 Å². The quantitative estimate of drug-likeness (QED) is 0.242.